The molecule has 4 rings (SSSR count). The fraction of sp³-hybridized carbons (Fsp3) is 0.348. The standard InChI is InChI=1S/C23H27N5O2S/c1-14-10-17(16(3)24-20-8-6-7-9-21(20)31(5)30)18-12-22(28-13-15(2)25-26-28)27(4)23(29)19(18)11-14/h6-8,10-13,16,21,24H,9H2,1-5H3/t16-,21?,31?/m1/s1. The molecule has 0 bridgehead atoms. The topological polar surface area (TPSA) is 81.8 Å². The van der Waals surface area contributed by atoms with Gasteiger partial charge in [0.05, 0.1) is 17.1 Å². The van der Waals surface area contributed by atoms with Gasteiger partial charge in [-0.3, -0.25) is 13.6 Å². The first-order valence-corrected chi connectivity index (χ1v) is 11.9. The highest BCUT2D eigenvalue weighted by atomic mass is 32.2. The van der Waals surface area contributed by atoms with Crippen molar-refractivity contribution in [2.45, 2.75) is 38.5 Å². The van der Waals surface area contributed by atoms with Crippen molar-refractivity contribution in [2.24, 2.45) is 7.05 Å². The van der Waals surface area contributed by atoms with Gasteiger partial charge in [-0.15, -0.1) is 5.10 Å². The van der Waals surface area contributed by atoms with Crippen LogP contribution in [0.25, 0.3) is 16.6 Å². The minimum absolute atomic E-state index is 0.0509. The Labute approximate surface area is 183 Å². The van der Waals surface area contributed by atoms with Gasteiger partial charge in [-0.1, -0.05) is 23.4 Å². The number of hydrogen-bond acceptors (Lipinski definition) is 5. The molecule has 1 aliphatic carbocycles. The Bertz CT molecular complexity index is 1300. The van der Waals surface area contributed by atoms with E-state index in [2.05, 4.69) is 28.6 Å². The monoisotopic (exact) mass is 437 g/mol. The number of aromatic nitrogens is 4. The molecule has 0 radical (unpaired) electrons. The molecule has 3 aromatic rings. The van der Waals surface area contributed by atoms with Gasteiger partial charge in [0.2, 0.25) is 0 Å². The van der Waals surface area contributed by atoms with Crippen molar-refractivity contribution in [3.05, 3.63) is 75.5 Å². The van der Waals surface area contributed by atoms with E-state index in [1.807, 2.05) is 44.2 Å². The van der Waals surface area contributed by atoms with E-state index in [4.69, 9.17) is 0 Å². The summed E-state index contributed by atoms with van der Waals surface area (Å²) in [6.45, 7) is 5.93. The quantitative estimate of drug-likeness (QED) is 0.664. The minimum atomic E-state index is -0.973. The molecule has 0 amide bonds. The smallest absolute Gasteiger partial charge is 0.259 e. The molecule has 1 aliphatic rings. The van der Waals surface area contributed by atoms with Gasteiger partial charge in [0.1, 0.15) is 5.82 Å². The van der Waals surface area contributed by atoms with Crippen LogP contribution >= 0.6 is 0 Å². The molecule has 162 valence electrons. The van der Waals surface area contributed by atoms with Crippen LogP contribution < -0.4 is 10.9 Å². The molecule has 0 spiro atoms. The van der Waals surface area contributed by atoms with Crippen molar-refractivity contribution in [1.29, 1.82) is 0 Å². The Morgan fingerprint density at radius 1 is 1.23 bits per heavy atom. The summed E-state index contributed by atoms with van der Waals surface area (Å²) in [6, 6.07) is 5.94. The number of pyridine rings is 1. The third kappa shape index (κ3) is 3.99. The second kappa shape index (κ2) is 8.26. The van der Waals surface area contributed by atoms with Crippen molar-refractivity contribution >= 4 is 21.6 Å². The molecule has 2 unspecified atom stereocenters. The van der Waals surface area contributed by atoms with Crippen molar-refractivity contribution in [1.82, 2.24) is 24.9 Å². The molecule has 3 atom stereocenters. The summed E-state index contributed by atoms with van der Waals surface area (Å²) in [5.74, 6) is 0.655. The molecular weight excluding hydrogens is 410 g/mol. The SMILES string of the molecule is Cc1cc([C@@H](C)NC2=CC=CCC2S(C)=O)c2cc(-n3cc(C)nn3)n(C)c(=O)c2c1. The lowest BCUT2D eigenvalue weighted by atomic mass is 9.97. The van der Waals surface area contributed by atoms with Crippen LogP contribution in [0.3, 0.4) is 0 Å². The molecule has 1 aromatic carbocycles. The van der Waals surface area contributed by atoms with Gasteiger partial charge in [-0.25, -0.2) is 4.68 Å². The Morgan fingerprint density at radius 3 is 2.68 bits per heavy atom. The number of benzene rings is 1. The number of nitrogens with zero attached hydrogens (tertiary/aromatic N) is 4. The summed E-state index contributed by atoms with van der Waals surface area (Å²) >= 11 is 0. The van der Waals surface area contributed by atoms with Gasteiger partial charge in [0.15, 0.2) is 0 Å². The summed E-state index contributed by atoms with van der Waals surface area (Å²) in [4.78, 5) is 13.2. The predicted octanol–water partition coefficient (Wildman–Crippen LogP) is 2.98. The van der Waals surface area contributed by atoms with Crippen molar-refractivity contribution in [2.75, 3.05) is 6.26 Å². The zero-order valence-corrected chi connectivity index (χ0v) is 19.2. The minimum Gasteiger partial charge on any atom is -0.381 e. The van der Waals surface area contributed by atoms with Crippen LogP contribution in [0.1, 0.15) is 36.2 Å². The third-order valence-electron chi connectivity index (χ3n) is 5.71. The molecule has 1 N–H and O–H groups in total. The van der Waals surface area contributed by atoms with Gasteiger partial charge in [-0.2, -0.15) is 0 Å². The second-order valence-corrected chi connectivity index (χ2v) is 9.69. The summed E-state index contributed by atoms with van der Waals surface area (Å²) in [7, 11) is 0.775. The van der Waals surface area contributed by atoms with Crippen LogP contribution in [0.5, 0.6) is 0 Å². The van der Waals surface area contributed by atoms with Crippen LogP contribution in [-0.4, -0.2) is 35.3 Å². The Hall–Kier alpha value is -3.00. The highest BCUT2D eigenvalue weighted by Crippen LogP contribution is 2.28. The van der Waals surface area contributed by atoms with Crippen LogP contribution in [0.4, 0.5) is 0 Å². The summed E-state index contributed by atoms with van der Waals surface area (Å²) in [5.41, 5.74) is 3.70. The fourth-order valence-corrected chi connectivity index (χ4v) is 4.99. The predicted molar refractivity (Wildman–Crippen MR) is 125 cm³/mol. The van der Waals surface area contributed by atoms with E-state index < -0.39 is 10.8 Å². The van der Waals surface area contributed by atoms with E-state index in [0.29, 0.717) is 11.2 Å². The lowest BCUT2D eigenvalue weighted by Crippen LogP contribution is -2.30. The lowest BCUT2D eigenvalue weighted by molar-refractivity contribution is 0.622. The molecule has 0 aliphatic heterocycles. The number of fused-ring (bicyclic) bond motifs is 1. The maximum Gasteiger partial charge on any atom is 0.259 e. The van der Waals surface area contributed by atoms with Crippen molar-refractivity contribution < 1.29 is 4.21 Å². The van der Waals surface area contributed by atoms with Gasteiger partial charge in [0.25, 0.3) is 5.56 Å². The molecule has 7 nitrogen and oxygen atoms in total. The molecule has 0 saturated carbocycles. The van der Waals surface area contributed by atoms with Gasteiger partial charge in [-0.05, 0) is 61.9 Å². The summed E-state index contributed by atoms with van der Waals surface area (Å²) in [6.07, 6.45) is 10.3. The molecule has 31 heavy (non-hydrogen) atoms. The Kier molecular flexibility index (Phi) is 5.66. The molecule has 2 aromatic heterocycles. The number of allylic oxidation sites excluding steroid dienone is 3. The maximum absolute atomic E-state index is 13.2. The number of rotatable bonds is 5. The van der Waals surface area contributed by atoms with Crippen LogP contribution in [0.2, 0.25) is 0 Å². The highest BCUT2D eigenvalue weighted by molar-refractivity contribution is 7.85. The van der Waals surface area contributed by atoms with Gasteiger partial charge in [0, 0.05) is 41.2 Å². The normalized spacial score (nSPS) is 18.1. The Morgan fingerprint density at radius 2 is 2.00 bits per heavy atom. The van der Waals surface area contributed by atoms with E-state index >= 15 is 0 Å². The Balaban J connectivity index is 1.84. The zero-order valence-electron chi connectivity index (χ0n) is 18.4. The first-order valence-electron chi connectivity index (χ1n) is 10.3. The molecule has 2 heterocycles. The second-order valence-electron chi connectivity index (χ2n) is 8.13. The average Bonchev–Trinajstić information content (AvgIpc) is 3.16. The van der Waals surface area contributed by atoms with E-state index in [1.54, 1.807) is 28.7 Å². The van der Waals surface area contributed by atoms with E-state index in [0.717, 1.165) is 34.3 Å². The summed E-state index contributed by atoms with van der Waals surface area (Å²) in [5, 5.41) is 13.3. The van der Waals surface area contributed by atoms with Crippen LogP contribution in [0, 0.1) is 13.8 Å². The molecule has 0 saturated heterocycles. The third-order valence-corrected chi connectivity index (χ3v) is 6.96. The van der Waals surface area contributed by atoms with E-state index in [1.165, 1.54) is 0 Å². The first-order chi connectivity index (χ1) is 14.8. The van der Waals surface area contributed by atoms with Crippen LogP contribution in [-0.2, 0) is 17.8 Å². The van der Waals surface area contributed by atoms with E-state index in [-0.39, 0.29) is 16.9 Å². The highest BCUT2D eigenvalue weighted by Gasteiger charge is 2.22. The van der Waals surface area contributed by atoms with E-state index in [9.17, 15) is 9.00 Å². The molecule has 0 fully saturated rings. The van der Waals surface area contributed by atoms with Crippen molar-refractivity contribution in [3.8, 4) is 5.82 Å². The lowest BCUT2D eigenvalue weighted by Gasteiger charge is -2.26. The maximum atomic E-state index is 13.2. The number of hydrogen-bond donors (Lipinski definition) is 1. The van der Waals surface area contributed by atoms with Crippen molar-refractivity contribution in [3.63, 3.8) is 0 Å². The van der Waals surface area contributed by atoms with Gasteiger partial charge >= 0.3 is 0 Å². The summed E-state index contributed by atoms with van der Waals surface area (Å²) < 4.78 is 15.4. The fourth-order valence-electron chi connectivity index (χ4n) is 4.10. The molecular formula is C23H27N5O2S. The molecule has 8 heteroatoms. The zero-order chi connectivity index (χ0) is 22.3. The largest absolute Gasteiger partial charge is 0.381 e. The number of nitrogens with one attached hydrogen (secondary N) is 1. The average molecular weight is 438 g/mol. The van der Waals surface area contributed by atoms with Gasteiger partial charge < -0.3 is 5.32 Å². The van der Waals surface area contributed by atoms with Crippen LogP contribution in [0.15, 0.2) is 53.1 Å². The number of aryl methyl sites for hydroxylation is 2. The first kappa shape index (κ1) is 21.2.